The minimum Gasteiger partial charge on any atom is -0.488 e. The van der Waals surface area contributed by atoms with Gasteiger partial charge in [0.15, 0.2) is 0 Å². The van der Waals surface area contributed by atoms with Gasteiger partial charge in [0.25, 0.3) is 0 Å². The predicted octanol–water partition coefficient (Wildman–Crippen LogP) is 4.09. The van der Waals surface area contributed by atoms with E-state index in [0.29, 0.717) is 18.1 Å². The highest BCUT2D eigenvalue weighted by molar-refractivity contribution is 6.30. The third-order valence-corrected chi connectivity index (χ3v) is 4.39. The first-order chi connectivity index (χ1) is 12.0. The van der Waals surface area contributed by atoms with Gasteiger partial charge in [0.1, 0.15) is 11.9 Å². The number of carbonyl (C=O) groups excluding carboxylic acids is 1. The second-order valence-electron chi connectivity index (χ2n) is 6.27. The van der Waals surface area contributed by atoms with Crippen LogP contribution >= 0.6 is 11.6 Å². The third kappa shape index (κ3) is 4.37. The molecule has 2 amide bonds. The number of nitrogens with zero attached hydrogens (tertiary/aromatic N) is 2. The molecule has 1 aliphatic rings. The van der Waals surface area contributed by atoms with Crippen LogP contribution in [0.4, 0.5) is 16.2 Å². The summed E-state index contributed by atoms with van der Waals surface area (Å²) in [5.74, 6) is 0.734. The average Bonchev–Trinajstić information content (AvgIpc) is 3.04. The molecule has 1 fully saturated rings. The van der Waals surface area contributed by atoms with Gasteiger partial charge in [0, 0.05) is 32.1 Å². The predicted molar refractivity (Wildman–Crippen MR) is 102 cm³/mol. The van der Waals surface area contributed by atoms with Gasteiger partial charge in [-0.2, -0.15) is 0 Å². The molecular weight excluding hydrogens is 338 g/mol. The lowest BCUT2D eigenvalue weighted by atomic mass is 10.2. The monoisotopic (exact) mass is 359 g/mol. The maximum Gasteiger partial charge on any atom is 0.322 e. The zero-order valence-corrected chi connectivity index (χ0v) is 15.2. The summed E-state index contributed by atoms with van der Waals surface area (Å²) in [5.41, 5.74) is 1.78. The molecule has 1 atom stereocenters. The van der Waals surface area contributed by atoms with E-state index in [4.69, 9.17) is 16.3 Å². The van der Waals surface area contributed by atoms with Gasteiger partial charge in [-0.15, -0.1) is 0 Å². The Bertz CT molecular complexity index is 751. The van der Waals surface area contributed by atoms with E-state index in [1.165, 1.54) is 0 Å². The molecule has 2 aromatic carbocycles. The lowest BCUT2D eigenvalue weighted by molar-refractivity contribution is 0.195. The summed E-state index contributed by atoms with van der Waals surface area (Å²) in [6.45, 7) is 1.23. The van der Waals surface area contributed by atoms with Crippen LogP contribution in [0.2, 0.25) is 5.02 Å². The molecule has 3 rings (SSSR count). The first-order valence-corrected chi connectivity index (χ1v) is 8.65. The number of halogens is 1. The van der Waals surface area contributed by atoms with Gasteiger partial charge in [-0.3, -0.25) is 0 Å². The van der Waals surface area contributed by atoms with Crippen molar-refractivity contribution in [1.82, 2.24) is 4.90 Å². The van der Waals surface area contributed by atoms with Crippen molar-refractivity contribution in [3.63, 3.8) is 0 Å². The second kappa shape index (κ2) is 7.66. The van der Waals surface area contributed by atoms with E-state index >= 15 is 0 Å². The number of ether oxygens (including phenoxy) is 1. The van der Waals surface area contributed by atoms with E-state index in [2.05, 4.69) is 5.32 Å². The zero-order chi connectivity index (χ0) is 17.8. The molecule has 0 aromatic heterocycles. The highest BCUT2D eigenvalue weighted by atomic mass is 35.5. The number of benzene rings is 2. The number of urea groups is 1. The van der Waals surface area contributed by atoms with Crippen LogP contribution in [0.25, 0.3) is 0 Å². The number of nitrogens with one attached hydrogen (secondary N) is 1. The van der Waals surface area contributed by atoms with Crippen molar-refractivity contribution in [1.29, 1.82) is 0 Å². The van der Waals surface area contributed by atoms with Crippen LogP contribution in [-0.4, -0.2) is 44.2 Å². The average molecular weight is 360 g/mol. The molecule has 0 radical (unpaired) electrons. The van der Waals surface area contributed by atoms with Crippen molar-refractivity contribution in [2.75, 3.05) is 37.4 Å². The minimum absolute atomic E-state index is 0.0201. The molecular formula is C19H22ClN3O2. The Morgan fingerprint density at radius 3 is 2.80 bits per heavy atom. The largest absolute Gasteiger partial charge is 0.488 e. The first-order valence-electron chi connectivity index (χ1n) is 8.27. The Hall–Kier alpha value is -2.40. The molecule has 5 nitrogen and oxygen atoms in total. The van der Waals surface area contributed by atoms with Crippen molar-refractivity contribution < 1.29 is 9.53 Å². The van der Waals surface area contributed by atoms with Gasteiger partial charge >= 0.3 is 6.03 Å². The van der Waals surface area contributed by atoms with E-state index in [1.54, 1.807) is 11.0 Å². The summed E-state index contributed by atoms with van der Waals surface area (Å²) in [7, 11) is 3.91. The van der Waals surface area contributed by atoms with Crippen LogP contribution < -0.4 is 15.0 Å². The van der Waals surface area contributed by atoms with E-state index in [0.717, 1.165) is 23.5 Å². The molecule has 25 heavy (non-hydrogen) atoms. The standard InChI is InChI=1S/C19H22ClN3O2/c1-22(2)18-9-4-3-8-17(18)21-19(24)23-11-10-16(13-23)25-15-7-5-6-14(20)12-15/h3-9,12,16H,10-11,13H2,1-2H3,(H,21,24). The highest BCUT2D eigenvalue weighted by Gasteiger charge is 2.28. The van der Waals surface area contributed by atoms with Gasteiger partial charge in [0.05, 0.1) is 17.9 Å². The molecule has 1 unspecified atom stereocenters. The molecule has 1 heterocycles. The van der Waals surface area contributed by atoms with Crippen molar-refractivity contribution in [2.45, 2.75) is 12.5 Å². The molecule has 0 spiro atoms. The fourth-order valence-corrected chi connectivity index (χ4v) is 3.09. The maximum atomic E-state index is 12.6. The molecule has 1 aliphatic heterocycles. The van der Waals surface area contributed by atoms with E-state index < -0.39 is 0 Å². The van der Waals surface area contributed by atoms with Gasteiger partial charge in [-0.05, 0) is 30.3 Å². The third-order valence-electron chi connectivity index (χ3n) is 4.16. The van der Waals surface area contributed by atoms with Crippen LogP contribution in [-0.2, 0) is 0 Å². The molecule has 1 N–H and O–H groups in total. The fraction of sp³-hybridized carbons (Fsp3) is 0.316. The molecule has 2 aromatic rings. The van der Waals surface area contributed by atoms with Crippen molar-refractivity contribution >= 4 is 29.0 Å². The van der Waals surface area contributed by atoms with Gasteiger partial charge in [-0.25, -0.2) is 4.79 Å². The summed E-state index contributed by atoms with van der Waals surface area (Å²) in [6, 6.07) is 15.0. The summed E-state index contributed by atoms with van der Waals surface area (Å²) in [5, 5.41) is 3.64. The fourth-order valence-electron chi connectivity index (χ4n) is 2.91. The molecule has 0 bridgehead atoms. The number of hydrogen-bond acceptors (Lipinski definition) is 3. The smallest absolute Gasteiger partial charge is 0.322 e. The SMILES string of the molecule is CN(C)c1ccccc1NC(=O)N1CCC(Oc2cccc(Cl)c2)C1. The molecule has 0 aliphatic carbocycles. The summed E-state index contributed by atoms with van der Waals surface area (Å²) in [4.78, 5) is 16.3. The van der Waals surface area contributed by atoms with Crippen molar-refractivity contribution in [3.8, 4) is 5.75 Å². The van der Waals surface area contributed by atoms with Crippen LogP contribution in [0.15, 0.2) is 48.5 Å². The number of anilines is 2. The first kappa shape index (κ1) is 17.4. The number of carbonyl (C=O) groups is 1. The van der Waals surface area contributed by atoms with Crippen LogP contribution in [0, 0.1) is 0 Å². The topological polar surface area (TPSA) is 44.8 Å². The Kier molecular flexibility index (Phi) is 5.34. The molecule has 132 valence electrons. The quantitative estimate of drug-likeness (QED) is 0.894. The Balaban J connectivity index is 1.59. The number of amides is 2. The number of para-hydroxylation sites is 2. The zero-order valence-electron chi connectivity index (χ0n) is 14.4. The minimum atomic E-state index is -0.105. The Morgan fingerprint density at radius 2 is 2.04 bits per heavy atom. The van der Waals surface area contributed by atoms with Crippen molar-refractivity contribution in [2.24, 2.45) is 0 Å². The maximum absolute atomic E-state index is 12.6. The lowest BCUT2D eigenvalue weighted by Gasteiger charge is -2.21. The number of likely N-dealkylation sites (tertiary alicyclic amines) is 1. The number of hydrogen-bond donors (Lipinski definition) is 1. The van der Waals surface area contributed by atoms with Gasteiger partial charge in [0.2, 0.25) is 0 Å². The van der Waals surface area contributed by atoms with E-state index in [-0.39, 0.29) is 12.1 Å². The van der Waals surface area contributed by atoms with Gasteiger partial charge < -0.3 is 19.9 Å². The molecule has 1 saturated heterocycles. The van der Waals surface area contributed by atoms with Crippen LogP contribution in [0.3, 0.4) is 0 Å². The normalized spacial score (nSPS) is 16.6. The molecule has 6 heteroatoms. The lowest BCUT2D eigenvalue weighted by Crippen LogP contribution is -2.34. The summed E-state index contributed by atoms with van der Waals surface area (Å²) < 4.78 is 5.93. The van der Waals surface area contributed by atoms with E-state index in [9.17, 15) is 4.79 Å². The molecule has 0 saturated carbocycles. The second-order valence-corrected chi connectivity index (χ2v) is 6.71. The Morgan fingerprint density at radius 1 is 1.24 bits per heavy atom. The van der Waals surface area contributed by atoms with Crippen LogP contribution in [0.1, 0.15) is 6.42 Å². The summed E-state index contributed by atoms with van der Waals surface area (Å²) >= 11 is 5.98. The van der Waals surface area contributed by atoms with E-state index in [1.807, 2.05) is 61.5 Å². The number of rotatable bonds is 4. The van der Waals surface area contributed by atoms with Crippen molar-refractivity contribution in [3.05, 3.63) is 53.6 Å². The highest BCUT2D eigenvalue weighted by Crippen LogP contribution is 2.25. The summed E-state index contributed by atoms with van der Waals surface area (Å²) in [6.07, 6.45) is 0.781. The Labute approximate surface area is 153 Å². The van der Waals surface area contributed by atoms with Crippen LogP contribution in [0.5, 0.6) is 5.75 Å². The van der Waals surface area contributed by atoms with Gasteiger partial charge in [-0.1, -0.05) is 29.8 Å².